The molecule has 2 aromatic rings. The van der Waals surface area contributed by atoms with E-state index in [0.717, 1.165) is 11.5 Å². The molecule has 9 nitrogen and oxygen atoms in total. The highest BCUT2D eigenvalue weighted by Crippen LogP contribution is 2.51. The van der Waals surface area contributed by atoms with Gasteiger partial charge in [0.15, 0.2) is 8.32 Å². The van der Waals surface area contributed by atoms with Crippen molar-refractivity contribution in [3.05, 3.63) is 35.6 Å². The maximum atomic E-state index is 14.7. The van der Waals surface area contributed by atoms with Gasteiger partial charge in [-0.2, -0.15) is 13.2 Å². The average molecular weight is 736 g/mol. The summed E-state index contributed by atoms with van der Waals surface area (Å²) in [7, 11) is -2.72. The van der Waals surface area contributed by atoms with Crippen molar-refractivity contribution in [2.24, 2.45) is 0 Å². The van der Waals surface area contributed by atoms with Gasteiger partial charge in [-0.1, -0.05) is 26.8 Å². The summed E-state index contributed by atoms with van der Waals surface area (Å²) < 4.78 is 77.1. The molecule has 0 radical (unpaired) electrons. The quantitative estimate of drug-likeness (QED) is 0.262. The molecular weight excluding hydrogens is 678 g/mol. The maximum absolute atomic E-state index is 14.7. The van der Waals surface area contributed by atoms with Gasteiger partial charge in [0.05, 0.1) is 51.8 Å². The molecular formula is C37H57BF3N3O6Si. The second-order valence-electron chi connectivity index (χ2n) is 18.5. The van der Waals surface area contributed by atoms with Gasteiger partial charge in [-0.05, 0) is 111 Å². The van der Waals surface area contributed by atoms with Crippen LogP contribution in [0.2, 0.25) is 18.1 Å². The first-order valence-electron chi connectivity index (χ1n) is 18.0. The Labute approximate surface area is 302 Å². The van der Waals surface area contributed by atoms with E-state index < -0.39 is 67.8 Å². The summed E-state index contributed by atoms with van der Waals surface area (Å²) in [6.07, 6.45) is -0.252. The van der Waals surface area contributed by atoms with Gasteiger partial charge in [0.1, 0.15) is 18.0 Å². The Balaban J connectivity index is 1.40. The number of imidazole rings is 1. The number of nitrogens with zero attached hydrogens (tertiary/aromatic N) is 3. The van der Waals surface area contributed by atoms with Crippen LogP contribution in [0.5, 0.6) is 5.75 Å². The first kappa shape index (κ1) is 39.7. The van der Waals surface area contributed by atoms with E-state index in [1.165, 1.54) is 6.33 Å². The maximum Gasteiger partial charge on any atom is 0.490 e. The van der Waals surface area contributed by atoms with E-state index in [0.29, 0.717) is 19.3 Å². The number of halogens is 3. The van der Waals surface area contributed by atoms with Crippen LogP contribution in [0.25, 0.3) is 11.0 Å². The molecule has 0 unspecified atom stereocenters. The van der Waals surface area contributed by atoms with Crippen LogP contribution < -0.4 is 4.74 Å². The summed E-state index contributed by atoms with van der Waals surface area (Å²) in [4.78, 5) is 19.5. The van der Waals surface area contributed by atoms with Gasteiger partial charge in [-0.3, -0.25) is 4.90 Å². The topological polar surface area (TPSA) is 84.3 Å². The zero-order valence-corrected chi connectivity index (χ0v) is 33.9. The fourth-order valence-corrected chi connectivity index (χ4v) is 8.70. The molecule has 0 spiro atoms. The molecule has 1 saturated carbocycles. The minimum absolute atomic E-state index is 0.0170. The van der Waals surface area contributed by atoms with Crippen LogP contribution in [0.4, 0.5) is 18.0 Å². The lowest BCUT2D eigenvalue weighted by Crippen LogP contribution is -2.54. The molecule has 1 amide bonds. The Morgan fingerprint density at radius 2 is 1.61 bits per heavy atom. The van der Waals surface area contributed by atoms with Crippen LogP contribution in [0, 0.1) is 0 Å². The van der Waals surface area contributed by atoms with Gasteiger partial charge >= 0.3 is 19.4 Å². The summed E-state index contributed by atoms with van der Waals surface area (Å²) in [6, 6.07) is 1.41. The molecule has 2 atom stereocenters. The smallest absolute Gasteiger partial charge is 0.490 e. The molecule has 1 saturated heterocycles. The van der Waals surface area contributed by atoms with Crippen LogP contribution in [0.3, 0.4) is 0 Å². The predicted octanol–water partition coefficient (Wildman–Crippen LogP) is 9.51. The molecule has 3 heterocycles. The van der Waals surface area contributed by atoms with Crippen LogP contribution in [-0.2, 0) is 24.6 Å². The van der Waals surface area contributed by atoms with E-state index in [-0.39, 0.29) is 34.5 Å². The van der Waals surface area contributed by atoms with E-state index >= 15 is 0 Å². The standard InChI is InChI=1S/C37H57BF3N3O6Si/c1-23-15-24(38-48-34(8,9)35(10,11)49-38)16-25(44(23)31(45)47-32(2,3)4)21-46-27-17-28(37(39,40)41)30-29(18-27)42-22-43(30)26-19-36(12,20-26)50-51(13,14)33(5,6)7/h15,17-18,22-23,25-26H,16,19-21H2,1-14H3/t23-,25-,26?,36?/m0/s1. The number of hydrogen-bond acceptors (Lipinski definition) is 7. The Bertz CT molecular complexity index is 1650. The van der Waals surface area contributed by atoms with Crippen molar-refractivity contribution < 1.29 is 41.2 Å². The van der Waals surface area contributed by atoms with Crippen LogP contribution in [0.1, 0.15) is 114 Å². The van der Waals surface area contributed by atoms with Crippen molar-refractivity contribution in [1.29, 1.82) is 0 Å². The molecule has 1 aromatic carbocycles. The molecule has 1 aliphatic carbocycles. The first-order valence-corrected chi connectivity index (χ1v) is 20.9. The number of carbonyl (C=O) groups excluding carboxylic acids is 1. The lowest BCUT2D eigenvalue weighted by molar-refractivity contribution is -0.136. The Morgan fingerprint density at radius 3 is 2.14 bits per heavy atom. The number of rotatable bonds is 7. The fourth-order valence-electron chi connectivity index (χ4n) is 7.00. The molecule has 51 heavy (non-hydrogen) atoms. The van der Waals surface area contributed by atoms with Gasteiger partial charge in [0.2, 0.25) is 0 Å². The third-order valence-corrected chi connectivity index (χ3v) is 16.0. The van der Waals surface area contributed by atoms with Crippen LogP contribution in [0.15, 0.2) is 30.0 Å². The molecule has 5 rings (SSSR count). The fraction of sp³-hybridized carbons (Fsp3) is 0.730. The molecule has 1 aromatic heterocycles. The van der Waals surface area contributed by atoms with Crippen LogP contribution in [-0.4, -0.2) is 77.1 Å². The van der Waals surface area contributed by atoms with Crippen molar-refractivity contribution in [1.82, 2.24) is 14.5 Å². The highest BCUT2D eigenvalue weighted by atomic mass is 28.4. The lowest BCUT2D eigenvalue weighted by Gasteiger charge is -2.52. The molecule has 2 fully saturated rings. The van der Waals surface area contributed by atoms with Crippen molar-refractivity contribution in [3.8, 4) is 5.75 Å². The average Bonchev–Trinajstić information content (AvgIpc) is 3.43. The number of benzene rings is 1. The number of aromatic nitrogens is 2. The number of fused-ring (bicyclic) bond motifs is 1. The second kappa shape index (κ2) is 12.8. The number of carbonyl (C=O) groups is 1. The third-order valence-electron chi connectivity index (χ3n) is 11.3. The largest absolute Gasteiger partial charge is 0.491 e. The predicted molar refractivity (Wildman–Crippen MR) is 195 cm³/mol. The summed E-state index contributed by atoms with van der Waals surface area (Å²) >= 11 is 0. The number of hydrogen-bond donors (Lipinski definition) is 0. The molecule has 14 heteroatoms. The summed E-state index contributed by atoms with van der Waals surface area (Å²) in [5.74, 6) is 0.0170. The zero-order valence-electron chi connectivity index (χ0n) is 32.9. The molecule has 3 aliphatic rings. The number of ether oxygens (including phenoxy) is 2. The van der Waals surface area contributed by atoms with Gasteiger partial charge < -0.3 is 27.8 Å². The number of alkyl halides is 3. The molecule has 2 aliphatic heterocycles. The Hall–Kier alpha value is -2.55. The highest BCUT2D eigenvalue weighted by Gasteiger charge is 2.54. The second-order valence-corrected chi connectivity index (χ2v) is 23.2. The Morgan fingerprint density at radius 1 is 1.02 bits per heavy atom. The van der Waals surface area contributed by atoms with Crippen molar-refractivity contribution >= 4 is 32.6 Å². The minimum Gasteiger partial charge on any atom is -0.491 e. The van der Waals surface area contributed by atoms with Crippen molar-refractivity contribution in [2.75, 3.05) is 6.61 Å². The van der Waals surface area contributed by atoms with Gasteiger partial charge in [0.25, 0.3) is 0 Å². The Kier molecular flexibility index (Phi) is 9.95. The summed E-state index contributed by atoms with van der Waals surface area (Å²) in [5.41, 5.74) is -2.05. The van der Waals surface area contributed by atoms with Crippen molar-refractivity contribution in [3.63, 3.8) is 0 Å². The zero-order chi connectivity index (χ0) is 38.3. The minimum atomic E-state index is -4.66. The van der Waals surface area contributed by atoms with E-state index in [1.54, 1.807) is 36.3 Å². The van der Waals surface area contributed by atoms with Crippen LogP contribution >= 0.6 is 0 Å². The van der Waals surface area contributed by atoms with Crippen molar-refractivity contribution in [2.45, 2.75) is 167 Å². The summed E-state index contributed by atoms with van der Waals surface area (Å²) in [5, 5.41) is 0.0198. The van der Waals surface area contributed by atoms with E-state index in [4.69, 9.17) is 23.2 Å². The third kappa shape index (κ3) is 8.04. The van der Waals surface area contributed by atoms with E-state index in [1.807, 2.05) is 40.7 Å². The highest BCUT2D eigenvalue weighted by molar-refractivity contribution is 6.74. The molecule has 0 bridgehead atoms. The van der Waals surface area contributed by atoms with Gasteiger partial charge in [-0.15, -0.1) is 0 Å². The van der Waals surface area contributed by atoms with Gasteiger partial charge in [-0.25, -0.2) is 9.78 Å². The number of amides is 1. The molecule has 0 N–H and O–H groups in total. The SMILES string of the molecule is C[C@H]1C=C(B2OC(C)(C)C(C)(C)O2)C[C@@H](COc2cc(C(F)(F)F)c3c(c2)ncn3C2CC(C)(O[Si](C)(C)C(C)(C)C)C2)N1C(=O)OC(C)(C)C. The molecule has 284 valence electrons. The normalized spacial score (nSPS) is 27.0. The van der Waals surface area contributed by atoms with E-state index in [2.05, 4.69) is 45.8 Å². The lowest BCUT2D eigenvalue weighted by atomic mass is 9.72. The van der Waals surface area contributed by atoms with E-state index in [9.17, 15) is 18.0 Å². The van der Waals surface area contributed by atoms with Gasteiger partial charge in [0, 0.05) is 12.1 Å². The summed E-state index contributed by atoms with van der Waals surface area (Å²) in [6.45, 7) is 28.0. The monoisotopic (exact) mass is 735 g/mol. The first-order chi connectivity index (χ1) is 23.0.